The van der Waals surface area contributed by atoms with Crippen molar-refractivity contribution in [3.05, 3.63) is 22.8 Å². The van der Waals surface area contributed by atoms with E-state index in [1.807, 2.05) is 6.07 Å². The van der Waals surface area contributed by atoms with E-state index >= 15 is 0 Å². The van der Waals surface area contributed by atoms with Crippen LogP contribution < -0.4 is 10.2 Å². The van der Waals surface area contributed by atoms with E-state index in [1.54, 1.807) is 12.3 Å². The van der Waals surface area contributed by atoms with E-state index < -0.39 is 0 Å². The van der Waals surface area contributed by atoms with Crippen LogP contribution >= 0.6 is 11.6 Å². The summed E-state index contributed by atoms with van der Waals surface area (Å²) in [5.41, 5.74) is 0.466. The van der Waals surface area contributed by atoms with E-state index in [1.165, 1.54) is 0 Å². The lowest BCUT2D eigenvalue weighted by Gasteiger charge is -2.33. The summed E-state index contributed by atoms with van der Waals surface area (Å²) in [7, 11) is 0. The second-order valence-corrected chi connectivity index (χ2v) is 7.14. The van der Waals surface area contributed by atoms with Crippen LogP contribution in [0.15, 0.2) is 12.3 Å². The first kappa shape index (κ1) is 18.0. The molecule has 7 heteroatoms. The van der Waals surface area contributed by atoms with Crippen LogP contribution in [0.25, 0.3) is 0 Å². The topological polar surface area (TPSA) is 78.2 Å². The summed E-state index contributed by atoms with van der Waals surface area (Å²) in [5.74, 6) is 1.28. The van der Waals surface area contributed by atoms with Crippen molar-refractivity contribution in [2.45, 2.75) is 38.1 Å². The predicted octanol–water partition coefficient (Wildman–Crippen LogP) is 2.51. The Morgan fingerprint density at radius 1 is 1.36 bits per heavy atom. The highest BCUT2D eigenvalue weighted by Crippen LogP contribution is 2.29. The van der Waals surface area contributed by atoms with Crippen LogP contribution in [0.3, 0.4) is 0 Å². The van der Waals surface area contributed by atoms with Gasteiger partial charge in [-0.15, -0.1) is 0 Å². The maximum absolute atomic E-state index is 12.2. The van der Waals surface area contributed by atoms with Gasteiger partial charge in [0.15, 0.2) is 0 Å². The van der Waals surface area contributed by atoms with Gasteiger partial charge in [0.05, 0.1) is 10.6 Å². The number of hydrogen-bond acceptors (Lipinski definition) is 5. The molecule has 2 fully saturated rings. The number of carbonyl (C=O) groups is 1. The van der Waals surface area contributed by atoms with Crippen molar-refractivity contribution in [2.75, 3.05) is 31.2 Å². The number of anilines is 1. The zero-order chi connectivity index (χ0) is 17.6. The summed E-state index contributed by atoms with van der Waals surface area (Å²) in [6.07, 6.45) is 5.84. The SMILES string of the molecule is N#Cc1cnc(N2CCC(CC(=O)NC3CCOCC3)CC2)c(Cl)c1. The van der Waals surface area contributed by atoms with Gasteiger partial charge in [-0.3, -0.25) is 4.79 Å². The number of nitrogens with one attached hydrogen (secondary N) is 1. The van der Waals surface area contributed by atoms with Crippen LogP contribution in [0.5, 0.6) is 0 Å². The minimum Gasteiger partial charge on any atom is -0.381 e. The average Bonchev–Trinajstić information content (AvgIpc) is 2.63. The number of halogens is 1. The maximum Gasteiger partial charge on any atom is 0.220 e. The number of piperidine rings is 1. The molecule has 0 atom stereocenters. The Hall–Kier alpha value is -1.84. The number of rotatable bonds is 4. The van der Waals surface area contributed by atoms with E-state index in [4.69, 9.17) is 21.6 Å². The molecule has 3 heterocycles. The Morgan fingerprint density at radius 3 is 2.72 bits per heavy atom. The predicted molar refractivity (Wildman–Crippen MR) is 95.5 cm³/mol. The molecule has 2 saturated heterocycles. The highest BCUT2D eigenvalue weighted by molar-refractivity contribution is 6.33. The zero-order valence-electron chi connectivity index (χ0n) is 14.2. The molecule has 0 aromatic carbocycles. The molecule has 3 rings (SSSR count). The van der Waals surface area contributed by atoms with Gasteiger partial charge in [-0.05, 0) is 37.7 Å². The van der Waals surface area contributed by atoms with Gasteiger partial charge in [0.25, 0.3) is 0 Å². The number of nitriles is 1. The van der Waals surface area contributed by atoms with E-state index in [9.17, 15) is 4.79 Å². The first-order valence-corrected chi connectivity index (χ1v) is 9.21. The molecule has 2 aliphatic rings. The lowest BCUT2D eigenvalue weighted by atomic mass is 9.93. The summed E-state index contributed by atoms with van der Waals surface area (Å²) in [4.78, 5) is 18.7. The molecule has 0 bridgehead atoms. The lowest BCUT2D eigenvalue weighted by Crippen LogP contribution is -2.41. The second-order valence-electron chi connectivity index (χ2n) is 6.73. The van der Waals surface area contributed by atoms with Crippen LogP contribution in [-0.4, -0.2) is 43.2 Å². The summed E-state index contributed by atoms with van der Waals surface area (Å²) in [6, 6.07) is 3.96. The normalized spacial score (nSPS) is 19.4. The fourth-order valence-corrected chi connectivity index (χ4v) is 3.75. The molecule has 1 amide bonds. The Balaban J connectivity index is 1.47. The van der Waals surface area contributed by atoms with Crippen molar-refractivity contribution < 1.29 is 9.53 Å². The molecule has 0 radical (unpaired) electrons. The van der Waals surface area contributed by atoms with Crippen molar-refractivity contribution in [2.24, 2.45) is 5.92 Å². The van der Waals surface area contributed by atoms with Gasteiger partial charge in [-0.1, -0.05) is 11.6 Å². The van der Waals surface area contributed by atoms with Gasteiger partial charge < -0.3 is 15.0 Å². The van der Waals surface area contributed by atoms with Gasteiger partial charge in [-0.2, -0.15) is 5.26 Å². The van der Waals surface area contributed by atoms with E-state index in [0.717, 1.165) is 57.8 Å². The number of pyridine rings is 1. The Morgan fingerprint density at radius 2 is 2.08 bits per heavy atom. The summed E-state index contributed by atoms with van der Waals surface area (Å²) in [6.45, 7) is 3.13. The molecule has 0 aliphatic carbocycles. The van der Waals surface area contributed by atoms with Crippen molar-refractivity contribution in [3.63, 3.8) is 0 Å². The molecule has 134 valence electrons. The quantitative estimate of drug-likeness (QED) is 0.890. The number of carbonyl (C=O) groups excluding carboxylic acids is 1. The molecule has 0 unspecified atom stereocenters. The van der Waals surface area contributed by atoms with Crippen LogP contribution in [0.4, 0.5) is 5.82 Å². The maximum atomic E-state index is 12.2. The highest BCUT2D eigenvalue weighted by Gasteiger charge is 2.25. The number of amides is 1. The van der Waals surface area contributed by atoms with Gasteiger partial charge in [-0.25, -0.2) is 4.98 Å². The third kappa shape index (κ3) is 4.83. The number of hydrogen-bond donors (Lipinski definition) is 1. The summed E-state index contributed by atoms with van der Waals surface area (Å²) >= 11 is 6.24. The molecule has 25 heavy (non-hydrogen) atoms. The van der Waals surface area contributed by atoms with Crippen molar-refractivity contribution in [3.8, 4) is 6.07 Å². The molecular formula is C18H23ClN4O2. The minimum atomic E-state index is 0.153. The monoisotopic (exact) mass is 362 g/mol. The van der Waals surface area contributed by atoms with E-state index in [-0.39, 0.29) is 11.9 Å². The molecule has 1 aromatic heterocycles. The fourth-order valence-electron chi connectivity index (χ4n) is 3.46. The molecule has 2 aliphatic heterocycles. The van der Waals surface area contributed by atoms with Crippen LogP contribution in [-0.2, 0) is 9.53 Å². The number of aromatic nitrogens is 1. The first-order chi connectivity index (χ1) is 12.2. The van der Waals surface area contributed by atoms with Crippen LogP contribution in [0.1, 0.15) is 37.7 Å². The summed E-state index contributed by atoms with van der Waals surface area (Å²) < 4.78 is 5.32. The third-order valence-electron chi connectivity index (χ3n) is 4.93. The largest absolute Gasteiger partial charge is 0.381 e. The third-order valence-corrected chi connectivity index (χ3v) is 5.20. The highest BCUT2D eigenvalue weighted by atomic mass is 35.5. The lowest BCUT2D eigenvalue weighted by molar-refractivity contribution is -0.123. The van der Waals surface area contributed by atoms with Gasteiger partial charge in [0.2, 0.25) is 5.91 Å². The zero-order valence-corrected chi connectivity index (χ0v) is 15.0. The number of nitrogens with zero attached hydrogens (tertiary/aromatic N) is 3. The van der Waals surface area contributed by atoms with Gasteiger partial charge >= 0.3 is 0 Å². The van der Waals surface area contributed by atoms with E-state index in [0.29, 0.717) is 22.9 Å². The Kier molecular flexibility index (Phi) is 6.11. The van der Waals surface area contributed by atoms with Gasteiger partial charge in [0.1, 0.15) is 11.9 Å². The summed E-state index contributed by atoms with van der Waals surface area (Å²) in [5, 5.41) is 12.5. The van der Waals surface area contributed by atoms with E-state index in [2.05, 4.69) is 15.2 Å². The average molecular weight is 363 g/mol. The molecule has 1 N–H and O–H groups in total. The van der Waals surface area contributed by atoms with Crippen molar-refractivity contribution in [1.29, 1.82) is 5.26 Å². The van der Waals surface area contributed by atoms with Gasteiger partial charge in [0, 0.05) is 45.0 Å². The molecule has 6 nitrogen and oxygen atoms in total. The number of ether oxygens (including phenoxy) is 1. The first-order valence-electron chi connectivity index (χ1n) is 8.83. The van der Waals surface area contributed by atoms with Crippen LogP contribution in [0, 0.1) is 17.2 Å². The molecule has 1 aromatic rings. The molecule has 0 spiro atoms. The Bertz CT molecular complexity index is 647. The standard InChI is InChI=1S/C18H23ClN4O2/c19-16-9-14(11-20)12-21-18(16)23-5-1-13(2-6-23)10-17(24)22-15-3-7-25-8-4-15/h9,12-13,15H,1-8,10H2,(H,22,24). The van der Waals surface area contributed by atoms with Crippen molar-refractivity contribution >= 4 is 23.3 Å². The Labute approximate surface area is 153 Å². The molecule has 0 saturated carbocycles. The molecular weight excluding hydrogens is 340 g/mol. The fraction of sp³-hybridized carbons (Fsp3) is 0.611. The van der Waals surface area contributed by atoms with Crippen LogP contribution in [0.2, 0.25) is 5.02 Å². The smallest absolute Gasteiger partial charge is 0.220 e. The second kappa shape index (κ2) is 8.50. The minimum absolute atomic E-state index is 0.153. The van der Waals surface area contributed by atoms with Crippen molar-refractivity contribution in [1.82, 2.24) is 10.3 Å².